The molecule has 0 aromatic heterocycles. The van der Waals surface area contributed by atoms with E-state index in [-0.39, 0.29) is 18.3 Å². The van der Waals surface area contributed by atoms with Gasteiger partial charge in [-0.05, 0) is 43.0 Å². The topological polar surface area (TPSA) is 64.6 Å². The van der Waals surface area contributed by atoms with E-state index >= 15 is 0 Å². The zero-order valence-electron chi connectivity index (χ0n) is 15.7. The molecule has 0 aliphatic carbocycles. The van der Waals surface area contributed by atoms with Crippen LogP contribution in [-0.4, -0.2) is 25.4 Å². The van der Waals surface area contributed by atoms with E-state index in [1.54, 1.807) is 18.2 Å². The first-order valence-corrected chi connectivity index (χ1v) is 8.66. The van der Waals surface area contributed by atoms with Crippen molar-refractivity contribution in [2.75, 3.05) is 19.0 Å². The van der Waals surface area contributed by atoms with Gasteiger partial charge in [-0.25, -0.2) is 0 Å². The monoisotopic (exact) mass is 355 g/mol. The van der Waals surface area contributed by atoms with E-state index in [9.17, 15) is 9.59 Å². The lowest BCUT2D eigenvalue weighted by molar-refractivity contribution is -0.118. The first-order valence-electron chi connectivity index (χ1n) is 8.66. The van der Waals surface area contributed by atoms with Crippen molar-refractivity contribution in [3.8, 4) is 11.5 Å². The highest BCUT2D eigenvalue weighted by Gasteiger charge is 2.14. The van der Waals surface area contributed by atoms with Crippen LogP contribution in [-0.2, 0) is 4.79 Å². The summed E-state index contributed by atoms with van der Waals surface area (Å²) in [5.41, 5.74) is 2.29. The van der Waals surface area contributed by atoms with E-state index in [0.29, 0.717) is 23.0 Å². The highest BCUT2D eigenvalue weighted by molar-refractivity contribution is 5.97. The summed E-state index contributed by atoms with van der Waals surface area (Å²) >= 11 is 0. The van der Waals surface area contributed by atoms with Crippen LogP contribution in [0, 0.1) is 0 Å². The number of Topliss-reactive ketones (excluding diaryl/α,β-unsaturated/α-hetero) is 1. The SMILES string of the molecule is CC[C@H](C)c1ccccc1NC(=O)COc1cc(OC)ccc1C(C)=O. The Kier molecular flexibility index (Phi) is 6.78. The molecule has 0 fully saturated rings. The predicted molar refractivity (Wildman–Crippen MR) is 102 cm³/mol. The van der Waals surface area contributed by atoms with Crippen molar-refractivity contribution >= 4 is 17.4 Å². The Morgan fingerprint density at radius 3 is 2.54 bits per heavy atom. The van der Waals surface area contributed by atoms with Crippen molar-refractivity contribution in [2.24, 2.45) is 0 Å². The van der Waals surface area contributed by atoms with E-state index in [2.05, 4.69) is 19.2 Å². The number of methoxy groups -OCH3 is 1. The maximum absolute atomic E-state index is 12.3. The van der Waals surface area contributed by atoms with Gasteiger partial charge in [-0.3, -0.25) is 9.59 Å². The number of anilines is 1. The van der Waals surface area contributed by atoms with Crippen LogP contribution in [0.15, 0.2) is 42.5 Å². The van der Waals surface area contributed by atoms with Crippen LogP contribution in [0.25, 0.3) is 0 Å². The minimum atomic E-state index is -0.280. The molecular weight excluding hydrogens is 330 g/mol. The fraction of sp³-hybridized carbons (Fsp3) is 0.333. The lowest BCUT2D eigenvalue weighted by atomic mass is 9.97. The summed E-state index contributed by atoms with van der Waals surface area (Å²) in [6.45, 7) is 5.49. The molecule has 0 spiro atoms. The Balaban J connectivity index is 2.10. The fourth-order valence-electron chi connectivity index (χ4n) is 2.63. The Labute approximate surface area is 154 Å². The molecule has 2 rings (SSSR count). The van der Waals surface area contributed by atoms with E-state index < -0.39 is 0 Å². The smallest absolute Gasteiger partial charge is 0.262 e. The zero-order chi connectivity index (χ0) is 19.1. The standard InChI is InChI=1S/C21H25NO4/c1-5-14(2)17-8-6-7-9-19(17)22-21(24)13-26-20-12-16(25-4)10-11-18(20)15(3)23/h6-12,14H,5,13H2,1-4H3,(H,22,24)/t14-/m0/s1. The van der Waals surface area contributed by atoms with Crippen LogP contribution in [0.4, 0.5) is 5.69 Å². The molecule has 0 saturated heterocycles. The first kappa shape index (κ1) is 19.5. The van der Waals surface area contributed by atoms with Crippen LogP contribution in [0.1, 0.15) is 49.0 Å². The second kappa shape index (κ2) is 9.04. The molecule has 2 aromatic carbocycles. The van der Waals surface area contributed by atoms with Gasteiger partial charge in [0.25, 0.3) is 5.91 Å². The van der Waals surface area contributed by atoms with Crippen LogP contribution in [0.5, 0.6) is 11.5 Å². The van der Waals surface area contributed by atoms with E-state index in [4.69, 9.17) is 9.47 Å². The summed E-state index contributed by atoms with van der Waals surface area (Å²) in [6, 6.07) is 12.7. The van der Waals surface area contributed by atoms with Gasteiger partial charge in [0.2, 0.25) is 0 Å². The predicted octanol–water partition coefficient (Wildman–Crippen LogP) is 4.43. The number of para-hydroxylation sites is 1. The fourth-order valence-corrected chi connectivity index (χ4v) is 2.63. The van der Waals surface area contributed by atoms with E-state index in [0.717, 1.165) is 17.7 Å². The molecule has 2 aromatic rings. The average Bonchev–Trinajstić information content (AvgIpc) is 2.65. The second-order valence-electron chi connectivity index (χ2n) is 6.15. The van der Waals surface area contributed by atoms with E-state index in [1.165, 1.54) is 14.0 Å². The number of hydrogen-bond acceptors (Lipinski definition) is 4. The number of hydrogen-bond donors (Lipinski definition) is 1. The lowest BCUT2D eigenvalue weighted by Gasteiger charge is -2.16. The summed E-state index contributed by atoms with van der Waals surface area (Å²) in [5, 5.41) is 2.89. The van der Waals surface area contributed by atoms with Crippen molar-refractivity contribution in [2.45, 2.75) is 33.1 Å². The van der Waals surface area contributed by atoms with Gasteiger partial charge in [0.15, 0.2) is 12.4 Å². The number of nitrogens with one attached hydrogen (secondary N) is 1. The summed E-state index contributed by atoms with van der Waals surface area (Å²) in [5.74, 6) is 0.827. The first-order chi connectivity index (χ1) is 12.5. The third kappa shape index (κ3) is 4.85. The molecule has 1 atom stereocenters. The highest BCUT2D eigenvalue weighted by atomic mass is 16.5. The molecule has 1 amide bonds. The number of ether oxygens (including phenoxy) is 2. The highest BCUT2D eigenvalue weighted by Crippen LogP contribution is 2.27. The molecule has 26 heavy (non-hydrogen) atoms. The molecule has 0 heterocycles. The lowest BCUT2D eigenvalue weighted by Crippen LogP contribution is -2.21. The van der Waals surface area contributed by atoms with Gasteiger partial charge >= 0.3 is 0 Å². The Bertz CT molecular complexity index is 785. The van der Waals surface area contributed by atoms with Crippen LogP contribution >= 0.6 is 0 Å². The quantitative estimate of drug-likeness (QED) is 0.712. The van der Waals surface area contributed by atoms with Crippen molar-refractivity contribution < 1.29 is 19.1 Å². The molecule has 0 radical (unpaired) electrons. The third-order valence-electron chi connectivity index (χ3n) is 4.31. The van der Waals surface area contributed by atoms with Gasteiger partial charge in [0, 0.05) is 11.8 Å². The number of benzene rings is 2. The summed E-state index contributed by atoms with van der Waals surface area (Å²) in [6.07, 6.45) is 0.981. The Morgan fingerprint density at radius 1 is 1.15 bits per heavy atom. The largest absolute Gasteiger partial charge is 0.497 e. The van der Waals surface area contributed by atoms with Crippen LogP contribution < -0.4 is 14.8 Å². The molecule has 1 N–H and O–H groups in total. The molecule has 0 unspecified atom stereocenters. The van der Waals surface area contributed by atoms with Crippen molar-refractivity contribution in [1.82, 2.24) is 0 Å². The van der Waals surface area contributed by atoms with Gasteiger partial charge in [-0.15, -0.1) is 0 Å². The zero-order valence-corrected chi connectivity index (χ0v) is 15.7. The summed E-state index contributed by atoms with van der Waals surface area (Å²) in [7, 11) is 1.53. The molecule has 138 valence electrons. The minimum absolute atomic E-state index is 0.134. The Morgan fingerprint density at radius 2 is 1.88 bits per heavy atom. The minimum Gasteiger partial charge on any atom is -0.497 e. The maximum atomic E-state index is 12.3. The number of ketones is 1. The van der Waals surface area contributed by atoms with Gasteiger partial charge in [-0.2, -0.15) is 0 Å². The van der Waals surface area contributed by atoms with Crippen molar-refractivity contribution in [3.63, 3.8) is 0 Å². The summed E-state index contributed by atoms with van der Waals surface area (Å²) < 4.78 is 10.7. The van der Waals surface area contributed by atoms with Crippen molar-refractivity contribution in [1.29, 1.82) is 0 Å². The number of rotatable bonds is 8. The number of carbonyl (C=O) groups excluding carboxylic acids is 2. The van der Waals surface area contributed by atoms with E-state index in [1.807, 2.05) is 24.3 Å². The Hall–Kier alpha value is -2.82. The normalized spacial score (nSPS) is 11.5. The molecule has 0 saturated carbocycles. The van der Waals surface area contributed by atoms with Gasteiger partial charge in [-0.1, -0.05) is 32.0 Å². The molecular formula is C21H25NO4. The number of amides is 1. The molecule has 0 bridgehead atoms. The second-order valence-corrected chi connectivity index (χ2v) is 6.15. The van der Waals surface area contributed by atoms with Gasteiger partial charge < -0.3 is 14.8 Å². The molecule has 0 aliphatic heterocycles. The van der Waals surface area contributed by atoms with Crippen LogP contribution in [0.3, 0.4) is 0 Å². The van der Waals surface area contributed by atoms with Gasteiger partial charge in [0.05, 0.1) is 12.7 Å². The summed E-state index contributed by atoms with van der Waals surface area (Å²) in [4.78, 5) is 24.1. The third-order valence-corrected chi connectivity index (χ3v) is 4.31. The number of carbonyl (C=O) groups is 2. The van der Waals surface area contributed by atoms with Gasteiger partial charge in [0.1, 0.15) is 11.5 Å². The maximum Gasteiger partial charge on any atom is 0.262 e. The molecule has 5 heteroatoms. The van der Waals surface area contributed by atoms with Crippen molar-refractivity contribution in [3.05, 3.63) is 53.6 Å². The van der Waals surface area contributed by atoms with Crippen LogP contribution in [0.2, 0.25) is 0 Å². The average molecular weight is 355 g/mol. The molecule has 0 aliphatic rings. The molecule has 5 nitrogen and oxygen atoms in total.